The van der Waals surface area contributed by atoms with Gasteiger partial charge in [-0.2, -0.15) is 0 Å². The maximum absolute atomic E-state index is 11.5. The second-order valence-electron chi connectivity index (χ2n) is 3.84. The number of carbonyl (C=O) groups excluding carboxylic acids is 1. The molecular weight excluding hydrogens is 214 g/mol. The van der Waals surface area contributed by atoms with Gasteiger partial charge in [-0.15, -0.1) is 0 Å². The van der Waals surface area contributed by atoms with Crippen LogP contribution in [0.5, 0.6) is 5.75 Å². The smallest absolute Gasteiger partial charge is 0.248 e. The van der Waals surface area contributed by atoms with Crippen LogP contribution >= 0.6 is 0 Å². The van der Waals surface area contributed by atoms with Crippen LogP contribution in [0.2, 0.25) is 0 Å². The Kier molecular flexibility index (Phi) is 5.27. The normalized spacial score (nSPS) is 10.5. The van der Waals surface area contributed by atoms with Crippen molar-refractivity contribution in [1.82, 2.24) is 0 Å². The highest BCUT2D eigenvalue weighted by molar-refractivity contribution is 6.00. The number of amides is 1. The number of aryl methyl sites for hydroxylation is 1. The molecule has 0 aromatic heterocycles. The Bertz CT molecular complexity index is 411. The molecule has 0 aliphatic carbocycles. The standard InChI is InChI=1S/C14H19NO2/c1-4-6-14(16)15-12-8-7-11(3)10-13(12)17-9-5-2/h4,6-8,10H,5,9H2,1-3H3,(H,15,16). The first-order valence-corrected chi connectivity index (χ1v) is 5.84. The van der Waals surface area contributed by atoms with E-state index >= 15 is 0 Å². The lowest BCUT2D eigenvalue weighted by Gasteiger charge is -2.12. The number of carbonyl (C=O) groups is 1. The van der Waals surface area contributed by atoms with Crippen molar-refractivity contribution in [3.05, 3.63) is 35.9 Å². The molecule has 0 atom stereocenters. The van der Waals surface area contributed by atoms with Gasteiger partial charge in [0.25, 0.3) is 0 Å². The molecule has 0 aliphatic rings. The second-order valence-corrected chi connectivity index (χ2v) is 3.84. The van der Waals surface area contributed by atoms with Crippen LogP contribution in [0.1, 0.15) is 25.8 Å². The van der Waals surface area contributed by atoms with Crippen molar-refractivity contribution in [1.29, 1.82) is 0 Å². The Morgan fingerprint density at radius 2 is 2.24 bits per heavy atom. The molecule has 0 bridgehead atoms. The van der Waals surface area contributed by atoms with E-state index in [0.717, 1.165) is 17.7 Å². The lowest BCUT2D eigenvalue weighted by molar-refractivity contribution is -0.111. The fourth-order valence-corrected chi connectivity index (χ4v) is 1.39. The van der Waals surface area contributed by atoms with Crippen molar-refractivity contribution in [2.24, 2.45) is 0 Å². The molecule has 0 saturated heterocycles. The van der Waals surface area contributed by atoms with Crippen LogP contribution in [0.25, 0.3) is 0 Å². The minimum absolute atomic E-state index is 0.141. The maximum atomic E-state index is 11.5. The summed E-state index contributed by atoms with van der Waals surface area (Å²) in [6.45, 7) is 6.50. The predicted molar refractivity (Wildman–Crippen MR) is 70.4 cm³/mol. The van der Waals surface area contributed by atoms with Gasteiger partial charge in [0, 0.05) is 0 Å². The van der Waals surface area contributed by atoms with Gasteiger partial charge < -0.3 is 10.1 Å². The van der Waals surface area contributed by atoms with Crippen molar-refractivity contribution in [2.75, 3.05) is 11.9 Å². The molecule has 0 spiro atoms. The molecule has 1 N–H and O–H groups in total. The van der Waals surface area contributed by atoms with Crippen LogP contribution in [0.4, 0.5) is 5.69 Å². The van der Waals surface area contributed by atoms with E-state index in [1.807, 2.05) is 39.0 Å². The van der Waals surface area contributed by atoms with Crippen LogP contribution in [-0.2, 0) is 4.79 Å². The average Bonchev–Trinajstić information content (AvgIpc) is 2.30. The van der Waals surface area contributed by atoms with Gasteiger partial charge in [0.2, 0.25) is 5.91 Å². The summed E-state index contributed by atoms with van der Waals surface area (Å²) in [6.07, 6.45) is 4.13. The number of allylic oxidation sites excluding steroid dienone is 1. The van der Waals surface area contributed by atoms with Gasteiger partial charge >= 0.3 is 0 Å². The largest absolute Gasteiger partial charge is 0.491 e. The quantitative estimate of drug-likeness (QED) is 0.792. The third-order valence-electron chi connectivity index (χ3n) is 2.17. The van der Waals surface area contributed by atoms with Gasteiger partial charge in [0.15, 0.2) is 0 Å². The molecular formula is C14H19NO2. The number of ether oxygens (including phenoxy) is 1. The van der Waals surface area contributed by atoms with Gasteiger partial charge in [0.1, 0.15) is 5.75 Å². The van der Waals surface area contributed by atoms with E-state index in [4.69, 9.17) is 4.74 Å². The highest BCUT2D eigenvalue weighted by atomic mass is 16.5. The first-order chi connectivity index (χ1) is 8.17. The number of hydrogen-bond acceptors (Lipinski definition) is 2. The summed E-state index contributed by atoms with van der Waals surface area (Å²) in [7, 11) is 0. The van der Waals surface area contributed by atoms with Gasteiger partial charge in [-0.3, -0.25) is 4.79 Å². The Hall–Kier alpha value is -1.77. The molecule has 0 aliphatic heterocycles. The number of nitrogens with one attached hydrogen (secondary N) is 1. The number of hydrogen-bond donors (Lipinski definition) is 1. The molecule has 1 aromatic carbocycles. The molecule has 1 amide bonds. The van der Waals surface area contributed by atoms with E-state index in [-0.39, 0.29) is 5.91 Å². The number of benzene rings is 1. The van der Waals surface area contributed by atoms with Crippen molar-refractivity contribution >= 4 is 11.6 Å². The lowest BCUT2D eigenvalue weighted by Crippen LogP contribution is -2.09. The Morgan fingerprint density at radius 3 is 2.88 bits per heavy atom. The van der Waals surface area contributed by atoms with E-state index in [9.17, 15) is 4.79 Å². The summed E-state index contributed by atoms with van der Waals surface area (Å²) >= 11 is 0. The fourth-order valence-electron chi connectivity index (χ4n) is 1.39. The second kappa shape index (κ2) is 6.74. The molecule has 0 saturated carbocycles. The molecule has 0 radical (unpaired) electrons. The van der Waals surface area contributed by atoms with Gasteiger partial charge in [-0.25, -0.2) is 0 Å². The van der Waals surface area contributed by atoms with Crippen LogP contribution in [0, 0.1) is 6.92 Å². The molecule has 17 heavy (non-hydrogen) atoms. The topological polar surface area (TPSA) is 38.3 Å². The summed E-state index contributed by atoms with van der Waals surface area (Å²) < 4.78 is 5.61. The van der Waals surface area contributed by atoms with Gasteiger partial charge in [0.05, 0.1) is 12.3 Å². The fraction of sp³-hybridized carbons (Fsp3) is 0.357. The van der Waals surface area contributed by atoms with Crippen molar-refractivity contribution in [2.45, 2.75) is 27.2 Å². The van der Waals surface area contributed by atoms with Crippen molar-refractivity contribution in [3.8, 4) is 5.75 Å². The average molecular weight is 233 g/mol. The SMILES string of the molecule is CC=CC(=O)Nc1ccc(C)cc1OCCC. The van der Waals surface area contributed by atoms with Gasteiger partial charge in [-0.1, -0.05) is 19.1 Å². The Labute approximate surface area is 102 Å². The van der Waals surface area contributed by atoms with Crippen LogP contribution in [0.3, 0.4) is 0 Å². The summed E-state index contributed by atoms with van der Waals surface area (Å²) in [4.78, 5) is 11.5. The van der Waals surface area contributed by atoms with E-state index in [1.54, 1.807) is 6.08 Å². The van der Waals surface area contributed by atoms with Crippen LogP contribution < -0.4 is 10.1 Å². The van der Waals surface area contributed by atoms with Crippen molar-refractivity contribution < 1.29 is 9.53 Å². The summed E-state index contributed by atoms with van der Waals surface area (Å²) in [5.74, 6) is 0.586. The first-order valence-electron chi connectivity index (χ1n) is 5.84. The first kappa shape index (κ1) is 13.3. The highest BCUT2D eigenvalue weighted by Crippen LogP contribution is 2.25. The van der Waals surface area contributed by atoms with Crippen LogP contribution in [-0.4, -0.2) is 12.5 Å². The molecule has 3 nitrogen and oxygen atoms in total. The minimum Gasteiger partial charge on any atom is -0.491 e. The Morgan fingerprint density at radius 1 is 1.47 bits per heavy atom. The molecule has 0 unspecified atom stereocenters. The van der Waals surface area contributed by atoms with Crippen LogP contribution in [0.15, 0.2) is 30.4 Å². The number of anilines is 1. The van der Waals surface area contributed by atoms with Gasteiger partial charge in [-0.05, 0) is 44.0 Å². The predicted octanol–water partition coefficient (Wildman–Crippen LogP) is 3.30. The summed E-state index contributed by atoms with van der Waals surface area (Å²) in [5.41, 5.74) is 1.83. The zero-order valence-electron chi connectivity index (χ0n) is 10.6. The molecule has 3 heteroatoms. The van der Waals surface area contributed by atoms with E-state index in [0.29, 0.717) is 12.3 Å². The monoisotopic (exact) mass is 233 g/mol. The zero-order chi connectivity index (χ0) is 12.7. The van der Waals surface area contributed by atoms with E-state index in [2.05, 4.69) is 5.32 Å². The zero-order valence-corrected chi connectivity index (χ0v) is 10.6. The lowest BCUT2D eigenvalue weighted by atomic mass is 10.2. The Balaban J connectivity index is 2.85. The molecule has 1 rings (SSSR count). The van der Waals surface area contributed by atoms with Crippen molar-refractivity contribution in [3.63, 3.8) is 0 Å². The molecule has 0 fully saturated rings. The molecule has 0 heterocycles. The third kappa shape index (κ3) is 4.31. The summed E-state index contributed by atoms with van der Waals surface area (Å²) in [6, 6.07) is 5.74. The van der Waals surface area contributed by atoms with E-state index < -0.39 is 0 Å². The molecule has 92 valence electrons. The number of rotatable bonds is 5. The minimum atomic E-state index is -0.141. The highest BCUT2D eigenvalue weighted by Gasteiger charge is 2.06. The summed E-state index contributed by atoms with van der Waals surface area (Å²) in [5, 5.41) is 2.80. The van der Waals surface area contributed by atoms with E-state index in [1.165, 1.54) is 6.08 Å². The molecule has 1 aromatic rings. The third-order valence-corrected chi connectivity index (χ3v) is 2.17. The maximum Gasteiger partial charge on any atom is 0.248 e.